The summed E-state index contributed by atoms with van der Waals surface area (Å²) in [5.41, 5.74) is 1.75. The molecular formula is C13H16ClN3O. The molecule has 0 unspecified atom stereocenters. The van der Waals surface area contributed by atoms with Gasteiger partial charge in [0, 0.05) is 6.54 Å². The molecule has 0 aromatic carbocycles. The molecule has 1 aromatic rings. The minimum Gasteiger partial charge on any atom is -0.350 e. The van der Waals surface area contributed by atoms with Gasteiger partial charge in [-0.3, -0.25) is 4.79 Å². The number of nitrogens with one attached hydrogen (secondary N) is 1. The van der Waals surface area contributed by atoms with Gasteiger partial charge in [-0.25, -0.2) is 0 Å². The van der Waals surface area contributed by atoms with E-state index in [0.717, 1.165) is 12.8 Å². The fourth-order valence-electron chi connectivity index (χ4n) is 2.00. The summed E-state index contributed by atoms with van der Waals surface area (Å²) in [5, 5.41) is 10.5. The van der Waals surface area contributed by atoms with Crippen LogP contribution >= 0.6 is 11.6 Å². The van der Waals surface area contributed by atoms with Crippen LogP contribution < -0.4 is 5.32 Å². The molecule has 1 heterocycles. The van der Waals surface area contributed by atoms with Gasteiger partial charge in [0.2, 0.25) is 0 Å². The van der Waals surface area contributed by atoms with E-state index in [-0.39, 0.29) is 5.91 Å². The molecule has 0 saturated heterocycles. The predicted octanol–water partition coefficient (Wildman–Crippen LogP) is 2.75. The van der Waals surface area contributed by atoms with Crippen LogP contribution in [0, 0.1) is 0 Å². The van der Waals surface area contributed by atoms with Gasteiger partial charge < -0.3 is 5.32 Å². The van der Waals surface area contributed by atoms with Crippen LogP contribution in [0.15, 0.2) is 23.8 Å². The van der Waals surface area contributed by atoms with Crippen LogP contribution in [0.5, 0.6) is 0 Å². The summed E-state index contributed by atoms with van der Waals surface area (Å²) >= 11 is 5.61. The molecule has 1 amide bonds. The molecule has 1 aromatic heterocycles. The Hall–Kier alpha value is -1.42. The predicted molar refractivity (Wildman–Crippen MR) is 70.5 cm³/mol. The number of rotatable bonds is 4. The van der Waals surface area contributed by atoms with Crippen molar-refractivity contribution in [3.63, 3.8) is 0 Å². The van der Waals surface area contributed by atoms with Gasteiger partial charge in [-0.2, -0.15) is 0 Å². The average Bonchev–Trinajstić information content (AvgIpc) is 2.40. The minimum absolute atomic E-state index is 0.199. The van der Waals surface area contributed by atoms with E-state index < -0.39 is 0 Å². The summed E-state index contributed by atoms with van der Waals surface area (Å²) in [6.07, 6.45) is 8.10. The van der Waals surface area contributed by atoms with E-state index in [4.69, 9.17) is 11.6 Å². The second-order valence-electron chi connectivity index (χ2n) is 4.36. The molecule has 0 aliphatic heterocycles. The maximum Gasteiger partial charge on any atom is 0.271 e. The lowest BCUT2D eigenvalue weighted by Crippen LogP contribution is -2.26. The normalized spacial score (nSPS) is 15.1. The molecule has 0 spiro atoms. The Balaban J connectivity index is 1.78. The molecule has 1 aliphatic carbocycles. The second-order valence-corrected chi connectivity index (χ2v) is 4.74. The maximum absolute atomic E-state index is 11.7. The maximum atomic E-state index is 11.7. The highest BCUT2D eigenvalue weighted by Gasteiger charge is 2.08. The van der Waals surface area contributed by atoms with Gasteiger partial charge in [0.25, 0.3) is 5.91 Å². The monoisotopic (exact) mass is 265 g/mol. The third-order valence-corrected chi connectivity index (χ3v) is 3.18. The van der Waals surface area contributed by atoms with Gasteiger partial charge in [-0.1, -0.05) is 23.3 Å². The highest BCUT2D eigenvalue weighted by molar-refractivity contribution is 6.29. The zero-order valence-corrected chi connectivity index (χ0v) is 10.9. The fourth-order valence-corrected chi connectivity index (χ4v) is 2.10. The number of amides is 1. The quantitative estimate of drug-likeness (QED) is 0.852. The van der Waals surface area contributed by atoms with Crippen LogP contribution in [0.3, 0.4) is 0 Å². The molecule has 96 valence electrons. The number of carbonyl (C=O) groups is 1. The smallest absolute Gasteiger partial charge is 0.271 e. The summed E-state index contributed by atoms with van der Waals surface area (Å²) < 4.78 is 0. The van der Waals surface area contributed by atoms with Crippen molar-refractivity contribution in [3.05, 3.63) is 34.6 Å². The molecule has 0 bridgehead atoms. The van der Waals surface area contributed by atoms with Crippen molar-refractivity contribution in [1.29, 1.82) is 0 Å². The number of hydrogen-bond donors (Lipinski definition) is 1. The number of carbonyl (C=O) groups excluding carboxylic acids is 1. The van der Waals surface area contributed by atoms with E-state index in [1.165, 1.54) is 24.8 Å². The van der Waals surface area contributed by atoms with Crippen LogP contribution in [0.2, 0.25) is 5.15 Å². The number of halogens is 1. The van der Waals surface area contributed by atoms with Gasteiger partial charge in [0.05, 0.1) is 0 Å². The first-order valence-corrected chi connectivity index (χ1v) is 6.59. The number of allylic oxidation sites excluding steroid dienone is 1. The average molecular weight is 266 g/mol. The number of nitrogens with zero attached hydrogens (tertiary/aromatic N) is 2. The van der Waals surface area contributed by atoms with Crippen molar-refractivity contribution in [2.45, 2.75) is 32.1 Å². The van der Waals surface area contributed by atoms with E-state index in [0.29, 0.717) is 17.4 Å². The second kappa shape index (κ2) is 6.50. The largest absolute Gasteiger partial charge is 0.350 e. The van der Waals surface area contributed by atoms with Crippen LogP contribution in [-0.2, 0) is 0 Å². The number of aromatic nitrogens is 2. The molecule has 2 rings (SSSR count). The molecular weight excluding hydrogens is 250 g/mol. The van der Waals surface area contributed by atoms with Crippen LogP contribution in [0.4, 0.5) is 0 Å². The van der Waals surface area contributed by atoms with E-state index in [1.54, 1.807) is 12.1 Å². The highest BCUT2D eigenvalue weighted by Crippen LogP contribution is 2.19. The highest BCUT2D eigenvalue weighted by atomic mass is 35.5. The zero-order valence-electron chi connectivity index (χ0n) is 10.2. The third kappa shape index (κ3) is 3.81. The Bertz CT molecular complexity index is 442. The summed E-state index contributed by atoms with van der Waals surface area (Å²) in [6.45, 7) is 0.648. The van der Waals surface area contributed by atoms with Crippen molar-refractivity contribution < 1.29 is 4.79 Å². The molecule has 0 fully saturated rings. The van der Waals surface area contributed by atoms with Crippen molar-refractivity contribution in [1.82, 2.24) is 15.5 Å². The molecule has 1 aliphatic rings. The van der Waals surface area contributed by atoms with Gasteiger partial charge in [0.15, 0.2) is 10.8 Å². The third-order valence-electron chi connectivity index (χ3n) is 2.98. The van der Waals surface area contributed by atoms with Crippen LogP contribution in [0.1, 0.15) is 42.6 Å². The summed E-state index contributed by atoms with van der Waals surface area (Å²) in [7, 11) is 0. The lowest BCUT2D eigenvalue weighted by atomic mass is 9.97. The first kappa shape index (κ1) is 13.0. The fraction of sp³-hybridized carbons (Fsp3) is 0.462. The summed E-state index contributed by atoms with van der Waals surface area (Å²) in [6, 6.07) is 3.14. The van der Waals surface area contributed by atoms with Crippen molar-refractivity contribution in [2.75, 3.05) is 6.54 Å². The van der Waals surface area contributed by atoms with E-state index in [9.17, 15) is 4.79 Å². The van der Waals surface area contributed by atoms with Crippen LogP contribution in [-0.4, -0.2) is 22.6 Å². The molecule has 0 atom stereocenters. The van der Waals surface area contributed by atoms with Crippen molar-refractivity contribution in [3.8, 4) is 0 Å². The van der Waals surface area contributed by atoms with Gasteiger partial charge in [-0.15, -0.1) is 10.2 Å². The van der Waals surface area contributed by atoms with Crippen LogP contribution in [0.25, 0.3) is 0 Å². The Morgan fingerprint density at radius 3 is 2.89 bits per heavy atom. The lowest BCUT2D eigenvalue weighted by molar-refractivity contribution is 0.0948. The summed E-state index contributed by atoms with van der Waals surface area (Å²) in [4.78, 5) is 11.7. The Morgan fingerprint density at radius 2 is 2.22 bits per heavy atom. The first-order chi connectivity index (χ1) is 8.75. The van der Waals surface area contributed by atoms with Crippen molar-refractivity contribution in [2.24, 2.45) is 0 Å². The standard InChI is InChI=1S/C13H16ClN3O/c14-12-7-6-11(16-17-12)13(18)15-9-8-10-4-2-1-3-5-10/h4,6-7H,1-3,5,8-9H2,(H,15,18). The first-order valence-electron chi connectivity index (χ1n) is 6.21. The molecule has 5 heteroatoms. The van der Waals surface area contributed by atoms with Crippen molar-refractivity contribution >= 4 is 17.5 Å². The Morgan fingerprint density at radius 1 is 1.33 bits per heavy atom. The Kier molecular flexibility index (Phi) is 4.70. The van der Waals surface area contributed by atoms with E-state index >= 15 is 0 Å². The number of hydrogen-bond acceptors (Lipinski definition) is 3. The van der Waals surface area contributed by atoms with Gasteiger partial charge in [-0.05, 0) is 44.2 Å². The molecule has 1 N–H and O–H groups in total. The van der Waals surface area contributed by atoms with E-state index in [2.05, 4.69) is 21.6 Å². The minimum atomic E-state index is -0.199. The summed E-state index contributed by atoms with van der Waals surface area (Å²) in [5.74, 6) is -0.199. The zero-order chi connectivity index (χ0) is 12.8. The molecule has 4 nitrogen and oxygen atoms in total. The SMILES string of the molecule is O=C(NCCC1=CCCCC1)c1ccc(Cl)nn1. The van der Waals surface area contributed by atoms with Gasteiger partial charge >= 0.3 is 0 Å². The Labute approximate surface area is 111 Å². The molecule has 18 heavy (non-hydrogen) atoms. The van der Waals surface area contributed by atoms with E-state index in [1.807, 2.05) is 0 Å². The topological polar surface area (TPSA) is 54.9 Å². The van der Waals surface area contributed by atoms with Gasteiger partial charge in [0.1, 0.15) is 0 Å². The molecule has 0 saturated carbocycles. The molecule has 0 radical (unpaired) electrons. The lowest BCUT2D eigenvalue weighted by Gasteiger charge is -2.12.